The minimum Gasteiger partial charge on any atom is -0.497 e. The Morgan fingerprint density at radius 3 is 2.70 bits per heavy atom. The van der Waals surface area contributed by atoms with Crippen molar-refractivity contribution >= 4 is 33.5 Å². The van der Waals surface area contributed by atoms with Gasteiger partial charge in [-0.25, -0.2) is 0 Å². The number of hydrogen-bond donors (Lipinski definition) is 2. The Balaban J connectivity index is 2.15. The zero-order valence-electron chi connectivity index (χ0n) is 13.2. The van der Waals surface area contributed by atoms with Gasteiger partial charge in [0.1, 0.15) is 5.75 Å². The maximum Gasteiger partial charge on any atom is 0.119 e. The predicted molar refractivity (Wildman–Crippen MR) is 105 cm³/mol. The number of rotatable bonds is 6. The van der Waals surface area contributed by atoms with Crippen LogP contribution >= 0.6 is 22.6 Å². The normalized spacial score (nSPS) is 11.1. The lowest BCUT2D eigenvalue weighted by Crippen LogP contribution is -1.99. The molecule has 3 nitrogen and oxygen atoms in total. The fraction of sp³-hybridized carbons (Fsp3) is 0.263. The molecule has 0 unspecified atom stereocenters. The van der Waals surface area contributed by atoms with Gasteiger partial charge in [0.05, 0.1) is 12.8 Å². The standard InChI is InChI=1S/C19H21IN2O/c1-23-13-9-10-18-16(12-13)14(6-4-5-11-21)19(22-18)15-7-2-3-8-17(15)20/h2-3,7-10,12,22H,4-6,11,21H2,1H3. The third kappa shape index (κ3) is 3.38. The van der Waals surface area contributed by atoms with Crippen molar-refractivity contribution in [1.29, 1.82) is 0 Å². The molecule has 0 aliphatic heterocycles. The summed E-state index contributed by atoms with van der Waals surface area (Å²) >= 11 is 2.40. The monoisotopic (exact) mass is 420 g/mol. The summed E-state index contributed by atoms with van der Waals surface area (Å²) in [6.45, 7) is 0.740. The van der Waals surface area contributed by atoms with Crippen LogP contribution < -0.4 is 10.5 Å². The van der Waals surface area contributed by atoms with Gasteiger partial charge in [-0.05, 0) is 78.2 Å². The molecule has 0 saturated carbocycles. The SMILES string of the molecule is COc1ccc2[nH]c(-c3ccccc3I)c(CCCCN)c2c1. The van der Waals surface area contributed by atoms with Crippen LogP contribution in [-0.2, 0) is 6.42 Å². The largest absolute Gasteiger partial charge is 0.497 e. The van der Waals surface area contributed by atoms with E-state index in [9.17, 15) is 0 Å². The predicted octanol–water partition coefficient (Wildman–Crippen LogP) is 4.73. The van der Waals surface area contributed by atoms with Crippen LogP contribution in [-0.4, -0.2) is 18.6 Å². The molecule has 0 bridgehead atoms. The van der Waals surface area contributed by atoms with Crippen molar-refractivity contribution in [3.8, 4) is 17.0 Å². The van der Waals surface area contributed by atoms with Crippen LogP contribution in [0.5, 0.6) is 5.75 Å². The first kappa shape index (κ1) is 16.3. The van der Waals surface area contributed by atoms with Crippen LogP contribution in [0.15, 0.2) is 42.5 Å². The zero-order chi connectivity index (χ0) is 16.2. The molecule has 0 fully saturated rings. The maximum absolute atomic E-state index is 5.67. The summed E-state index contributed by atoms with van der Waals surface area (Å²) in [6, 6.07) is 14.7. The van der Waals surface area contributed by atoms with Gasteiger partial charge in [0.25, 0.3) is 0 Å². The van der Waals surface area contributed by atoms with E-state index >= 15 is 0 Å². The second-order valence-corrected chi connectivity index (χ2v) is 6.78. The first-order chi connectivity index (χ1) is 11.2. The number of nitrogens with one attached hydrogen (secondary N) is 1. The number of aryl methyl sites for hydroxylation is 1. The van der Waals surface area contributed by atoms with Crippen LogP contribution in [0.3, 0.4) is 0 Å². The van der Waals surface area contributed by atoms with E-state index in [0.717, 1.165) is 37.1 Å². The number of ether oxygens (including phenoxy) is 1. The molecular weight excluding hydrogens is 399 g/mol. The van der Waals surface area contributed by atoms with E-state index in [1.165, 1.54) is 25.8 Å². The number of H-pyrrole nitrogens is 1. The minimum atomic E-state index is 0.740. The molecule has 1 aromatic heterocycles. The number of nitrogens with two attached hydrogens (primary N) is 1. The van der Waals surface area contributed by atoms with Crippen LogP contribution in [0.4, 0.5) is 0 Å². The summed E-state index contributed by atoms with van der Waals surface area (Å²) in [5, 5.41) is 1.25. The molecule has 0 amide bonds. The third-order valence-corrected chi connectivity index (χ3v) is 5.08. The lowest BCUT2D eigenvalue weighted by atomic mass is 10.0. The molecule has 0 aliphatic carbocycles. The van der Waals surface area contributed by atoms with E-state index in [2.05, 4.69) is 64.0 Å². The zero-order valence-corrected chi connectivity index (χ0v) is 15.4. The summed E-state index contributed by atoms with van der Waals surface area (Å²) in [5.41, 5.74) is 10.7. The van der Waals surface area contributed by atoms with Crippen molar-refractivity contribution in [2.75, 3.05) is 13.7 Å². The Morgan fingerprint density at radius 2 is 1.96 bits per heavy atom. The maximum atomic E-state index is 5.67. The van der Waals surface area contributed by atoms with Crippen molar-refractivity contribution in [2.24, 2.45) is 5.73 Å². The second kappa shape index (κ2) is 7.36. The van der Waals surface area contributed by atoms with Crippen LogP contribution in [0, 0.1) is 3.57 Å². The lowest BCUT2D eigenvalue weighted by molar-refractivity contribution is 0.415. The van der Waals surface area contributed by atoms with E-state index < -0.39 is 0 Å². The summed E-state index contributed by atoms with van der Waals surface area (Å²) in [6.07, 6.45) is 3.16. The van der Waals surface area contributed by atoms with E-state index in [4.69, 9.17) is 10.5 Å². The number of fused-ring (bicyclic) bond motifs is 1. The quantitative estimate of drug-likeness (QED) is 0.448. The van der Waals surface area contributed by atoms with Gasteiger partial charge >= 0.3 is 0 Å². The Hall–Kier alpha value is -1.53. The molecule has 4 heteroatoms. The minimum absolute atomic E-state index is 0.740. The smallest absolute Gasteiger partial charge is 0.119 e. The molecule has 0 atom stereocenters. The molecule has 3 aromatic rings. The van der Waals surface area contributed by atoms with Crippen LogP contribution in [0.2, 0.25) is 0 Å². The van der Waals surface area contributed by atoms with Gasteiger partial charge < -0.3 is 15.5 Å². The molecule has 3 N–H and O–H groups in total. The van der Waals surface area contributed by atoms with Crippen molar-refractivity contribution < 1.29 is 4.74 Å². The number of aromatic amines is 1. The van der Waals surface area contributed by atoms with Gasteiger partial charge in [0, 0.05) is 20.0 Å². The fourth-order valence-electron chi connectivity index (χ4n) is 2.95. The van der Waals surface area contributed by atoms with Crippen molar-refractivity contribution in [3.63, 3.8) is 0 Å². The number of benzene rings is 2. The topological polar surface area (TPSA) is 51.0 Å². The Kier molecular flexibility index (Phi) is 5.23. The highest BCUT2D eigenvalue weighted by molar-refractivity contribution is 14.1. The highest BCUT2D eigenvalue weighted by atomic mass is 127. The molecule has 0 aliphatic rings. The van der Waals surface area contributed by atoms with Gasteiger partial charge in [0.15, 0.2) is 0 Å². The molecule has 0 saturated heterocycles. The first-order valence-electron chi connectivity index (χ1n) is 7.88. The highest BCUT2D eigenvalue weighted by Crippen LogP contribution is 2.35. The number of halogens is 1. The average molecular weight is 420 g/mol. The lowest BCUT2D eigenvalue weighted by Gasteiger charge is -2.07. The molecule has 2 aromatic carbocycles. The van der Waals surface area contributed by atoms with Crippen LogP contribution in [0.25, 0.3) is 22.2 Å². The summed E-state index contributed by atoms with van der Waals surface area (Å²) in [5.74, 6) is 0.894. The van der Waals surface area contributed by atoms with Crippen LogP contribution in [0.1, 0.15) is 18.4 Å². The van der Waals surface area contributed by atoms with E-state index in [1.54, 1.807) is 7.11 Å². The van der Waals surface area contributed by atoms with E-state index in [-0.39, 0.29) is 0 Å². The molecule has 23 heavy (non-hydrogen) atoms. The molecule has 3 rings (SSSR count). The second-order valence-electron chi connectivity index (χ2n) is 5.62. The van der Waals surface area contributed by atoms with E-state index in [0.29, 0.717) is 0 Å². The molecule has 1 heterocycles. The summed E-state index contributed by atoms with van der Waals surface area (Å²) in [7, 11) is 1.71. The van der Waals surface area contributed by atoms with Gasteiger partial charge in [-0.2, -0.15) is 0 Å². The van der Waals surface area contributed by atoms with Crippen molar-refractivity contribution in [3.05, 3.63) is 51.6 Å². The van der Waals surface area contributed by atoms with Crippen molar-refractivity contribution in [2.45, 2.75) is 19.3 Å². The third-order valence-electron chi connectivity index (χ3n) is 4.14. The number of hydrogen-bond acceptors (Lipinski definition) is 2. The van der Waals surface area contributed by atoms with Gasteiger partial charge in [-0.15, -0.1) is 0 Å². The fourth-order valence-corrected chi connectivity index (χ4v) is 3.61. The van der Waals surface area contributed by atoms with Gasteiger partial charge in [-0.3, -0.25) is 0 Å². The van der Waals surface area contributed by atoms with Crippen molar-refractivity contribution in [1.82, 2.24) is 4.98 Å². The Morgan fingerprint density at radius 1 is 1.13 bits per heavy atom. The summed E-state index contributed by atoms with van der Waals surface area (Å²) < 4.78 is 6.66. The Bertz CT molecular complexity index is 810. The Labute approximate surface area is 150 Å². The number of methoxy groups -OCH3 is 1. The highest BCUT2D eigenvalue weighted by Gasteiger charge is 2.15. The van der Waals surface area contributed by atoms with Gasteiger partial charge in [-0.1, -0.05) is 18.2 Å². The molecule has 0 spiro atoms. The van der Waals surface area contributed by atoms with Gasteiger partial charge in [0.2, 0.25) is 0 Å². The average Bonchev–Trinajstić information content (AvgIpc) is 2.93. The molecular formula is C19H21IN2O. The first-order valence-corrected chi connectivity index (χ1v) is 8.96. The van der Waals surface area contributed by atoms with E-state index in [1.807, 2.05) is 6.07 Å². The summed E-state index contributed by atoms with van der Waals surface area (Å²) in [4.78, 5) is 3.61. The molecule has 0 radical (unpaired) electrons. The number of unbranched alkanes of at least 4 members (excludes halogenated alkanes) is 1. The molecule has 120 valence electrons. The number of aromatic nitrogens is 1.